The molecule has 2 N–H and O–H groups in total. The lowest BCUT2D eigenvalue weighted by Gasteiger charge is -2.21. The van der Waals surface area contributed by atoms with Gasteiger partial charge in [-0.25, -0.2) is 0 Å². The molecule has 0 fully saturated rings. The minimum absolute atomic E-state index is 0.0112. The summed E-state index contributed by atoms with van der Waals surface area (Å²) in [4.78, 5) is 11.6. The van der Waals surface area contributed by atoms with Crippen LogP contribution in [0.5, 0.6) is 0 Å². The standard InChI is InChI=1S/C21H27NO2/c1-15(2)13-18-9-11-19(12-10-18)16(3)22-20(21(23)24)14-17-7-5-4-6-8-17/h4-12,15-16,20,22H,13-14H2,1-3H3,(H,23,24)/t16?,20-/m0/s1. The molecule has 0 heterocycles. The van der Waals surface area contributed by atoms with E-state index in [-0.39, 0.29) is 6.04 Å². The summed E-state index contributed by atoms with van der Waals surface area (Å²) in [6.07, 6.45) is 1.54. The Hall–Kier alpha value is -2.13. The molecule has 0 aliphatic carbocycles. The molecule has 0 saturated carbocycles. The zero-order valence-corrected chi connectivity index (χ0v) is 14.7. The predicted octanol–water partition coefficient (Wildman–Crippen LogP) is 4.23. The topological polar surface area (TPSA) is 49.3 Å². The second-order valence-electron chi connectivity index (χ2n) is 6.81. The van der Waals surface area contributed by atoms with Crippen LogP contribution >= 0.6 is 0 Å². The lowest BCUT2D eigenvalue weighted by Crippen LogP contribution is -2.40. The first-order valence-corrected chi connectivity index (χ1v) is 8.57. The molecule has 0 aromatic heterocycles. The van der Waals surface area contributed by atoms with Crippen LogP contribution in [0.2, 0.25) is 0 Å². The van der Waals surface area contributed by atoms with E-state index in [1.807, 2.05) is 37.3 Å². The van der Waals surface area contributed by atoms with Crippen LogP contribution in [-0.2, 0) is 17.6 Å². The van der Waals surface area contributed by atoms with Crippen molar-refractivity contribution >= 4 is 5.97 Å². The Morgan fingerprint density at radius 1 is 0.917 bits per heavy atom. The zero-order valence-electron chi connectivity index (χ0n) is 14.7. The minimum atomic E-state index is -0.817. The van der Waals surface area contributed by atoms with Gasteiger partial charge in [-0.2, -0.15) is 0 Å². The van der Waals surface area contributed by atoms with E-state index in [0.717, 1.165) is 17.5 Å². The lowest BCUT2D eigenvalue weighted by molar-refractivity contribution is -0.139. The maximum atomic E-state index is 11.6. The van der Waals surface area contributed by atoms with Crippen molar-refractivity contribution in [3.05, 3.63) is 71.3 Å². The van der Waals surface area contributed by atoms with Crippen molar-refractivity contribution in [2.75, 3.05) is 0 Å². The van der Waals surface area contributed by atoms with Gasteiger partial charge in [0.25, 0.3) is 0 Å². The number of carbonyl (C=O) groups is 1. The summed E-state index contributed by atoms with van der Waals surface area (Å²) in [5, 5.41) is 12.8. The quantitative estimate of drug-likeness (QED) is 0.763. The Morgan fingerprint density at radius 2 is 1.50 bits per heavy atom. The molecule has 0 radical (unpaired) electrons. The SMILES string of the molecule is CC(C)Cc1ccc(C(C)N[C@@H](Cc2ccccc2)C(=O)O)cc1. The number of benzene rings is 2. The fraction of sp³-hybridized carbons (Fsp3) is 0.381. The molecule has 0 saturated heterocycles. The molecule has 24 heavy (non-hydrogen) atoms. The third-order valence-electron chi connectivity index (χ3n) is 4.16. The Labute approximate surface area is 144 Å². The van der Waals surface area contributed by atoms with E-state index in [1.165, 1.54) is 5.56 Å². The first kappa shape index (κ1) is 18.2. The number of nitrogens with one attached hydrogen (secondary N) is 1. The molecule has 128 valence electrons. The number of aliphatic carboxylic acids is 1. The van der Waals surface area contributed by atoms with Gasteiger partial charge < -0.3 is 5.11 Å². The van der Waals surface area contributed by atoms with Crippen molar-refractivity contribution < 1.29 is 9.90 Å². The summed E-state index contributed by atoms with van der Waals surface area (Å²) in [5.74, 6) is -0.184. The molecule has 2 atom stereocenters. The normalized spacial score (nSPS) is 13.7. The number of rotatable bonds is 8. The summed E-state index contributed by atoms with van der Waals surface area (Å²) < 4.78 is 0. The summed E-state index contributed by atoms with van der Waals surface area (Å²) >= 11 is 0. The number of carboxylic acids is 1. The van der Waals surface area contributed by atoms with Gasteiger partial charge >= 0.3 is 5.97 Å². The van der Waals surface area contributed by atoms with Crippen LogP contribution in [0.4, 0.5) is 0 Å². The van der Waals surface area contributed by atoms with Crippen molar-refractivity contribution in [1.82, 2.24) is 5.32 Å². The maximum absolute atomic E-state index is 11.6. The molecule has 0 amide bonds. The second kappa shape index (κ2) is 8.65. The second-order valence-corrected chi connectivity index (χ2v) is 6.81. The highest BCUT2D eigenvalue weighted by molar-refractivity contribution is 5.74. The molecule has 2 aromatic rings. The van der Waals surface area contributed by atoms with Gasteiger partial charge in [-0.15, -0.1) is 0 Å². The third kappa shape index (κ3) is 5.50. The van der Waals surface area contributed by atoms with E-state index < -0.39 is 12.0 Å². The average molecular weight is 325 g/mol. The van der Waals surface area contributed by atoms with E-state index in [2.05, 4.69) is 43.4 Å². The summed E-state index contributed by atoms with van der Waals surface area (Å²) in [7, 11) is 0. The van der Waals surface area contributed by atoms with E-state index in [1.54, 1.807) is 0 Å². The predicted molar refractivity (Wildman–Crippen MR) is 98.1 cm³/mol. The van der Waals surface area contributed by atoms with E-state index >= 15 is 0 Å². The first-order valence-electron chi connectivity index (χ1n) is 8.57. The Bertz CT molecular complexity index is 635. The molecule has 0 aliphatic rings. The summed E-state index contributed by atoms with van der Waals surface area (Å²) in [6, 6.07) is 17.6. The van der Waals surface area contributed by atoms with Gasteiger partial charge in [0.2, 0.25) is 0 Å². The lowest BCUT2D eigenvalue weighted by atomic mass is 9.99. The molecular formula is C21H27NO2. The minimum Gasteiger partial charge on any atom is -0.480 e. The van der Waals surface area contributed by atoms with Gasteiger partial charge in [0, 0.05) is 6.04 Å². The molecule has 0 aliphatic heterocycles. The summed E-state index contributed by atoms with van der Waals surface area (Å²) in [6.45, 7) is 6.43. The van der Waals surface area contributed by atoms with Gasteiger partial charge in [-0.05, 0) is 42.4 Å². The van der Waals surface area contributed by atoms with Crippen LogP contribution in [0.25, 0.3) is 0 Å². The van der Waals surface area contributed by atoms with E-state index in [9.17, 15) is 9.90 Å². The van der Waals surface area contributed by atoms with Crippen molar-refractivity contribution in [1.29, 1.82) is 0 Å². The highest BCUT2D eigenvalue weighted by Gasteiger charge is 2.20. The van der Waals surface area contributed by atoms with Crippen LogP contribution < -0.4 is 5.32 Å². The van der Waals surface area contributed by atoms with E-state index in [0.29, 0.717) is 12.3 Å². The average Bonchev–Trinajstić information content (AvgIpc) is 2.55. The van der Waals surface area contributed by atoms with E-state index in [4.69, 9.17) is 0 Å². The molecule has 1 unspecified atom stereocenters. The third-order valence-corrected chi connectivity index (χ3v) is 4.16. The Balaban J connectivity index is 2.02. The molecular weight excluding hydrogens is 298 g/mol. The molecule has 3 heteroatoms. The number of hydrogen-bond acceptors (Lipinski definition) is 2. The summed E-state index contributed by atoms with van der Waals surface area (Å²) in [5.41, 5.74) is 3.46. The van der Waals surface area contributed by atoms with Gasteiger partial charge in [-0.1, -0.05) is 68.4 Å². The van der Waals surface area contributed by atoms with Crippen molar-refractivity contribution in [2.45, 2.75) is 45.7 Å². The van der Waals surface area contributed by atoms with Crippen LogP contribution in [0, 0.1) is 5.92 Å². The van der Waals surface area contributed by atoms with Crippen molar-refractivity contribution in [3.63, 3.8) is 0 Å². The van der Waals surface area contributed by atoms with Gasteiger partial charge in [-0.3, -0.25) is 10.1 Å². The highest BCUT2D eigenvalue weighted by atomic mass is 16.4. The number of carboxylic acid groups (broad SMARTS) is 1. The van der Waals surface area contributed by atoms with Crippen molar-refractivity contribution in [3.8, 4) is 0 Å². The van der Waals surface area contributed by atoms with Crippen molar-refractivity contribution in [2.24, 2.45) is 5.92 Å². The Kier molecular flexibility index (Phi) is 6.56. The van der Waals surface area contributed by atoms with Crippen LogP contribution in [0.3, 0.4) is 0 Å². The molecule has 0 bridgehead atoms. The van der Waals surface area contributed by atoms with Crippen LogP contribution in [0.15, 0.2) is 54.6 Å². The first-order chi connectivity index (χ1) is 11.5. The largest absolute Gasteiger partial charge is 0.480 e. The van der Waals surface area contributed by atoms with Crippen LogP contribution in [-0.4, -0.2) is 17.1 Å². The Morgan fingerprint density at radius 3 is 2.04 bits per heavy atom. The van der Waals surface area contributed by atoms with Gasteiger partial charge in [0.1, 0.15) is 6.04 Å². The molecule has 2 rings (SSSR count). The van der Waals surface area contributed by atoms with Crippen LogP contribution in [0.1, 0.15) is 43.5 Å². The monoisotopic (exact) mass is 325 g/mol. The van der Waals surface area contributed by atoms with Gasteiger partial charge in [0.05, 0.1) is 0 Å². The van der Waals surface area contributed by atoms with Gasteiger partial charge in [0.15, 0.2) is 0 Å². The molecule has 3 nitrogen and oxygen atoms in total. The fourth-order valence-corrected chi connectivity index (χ4v) is 2.88. The molecule has 2 aromatic carbocycles. The fourth-order valence-electron chi connectivity index (χ4n) is 2.88. The smallest absolute Gasteiger partial charge is 0.321 e. The molecule has 0 spiro atoms. The zero-order chi connectivity index (χ0) is 17.5. The highest BCUT2D eigenvalue weighted by Crippen LogP contribution is 2.17. The maximum Gasteiger partial charge on any atom is 0.321 e. The number of hydrogen-bond donors (Lipinski definition) is 2.